The Labute approximate surface area is 209 Å². The number of likely N-dealkylation sites (tertiary alicyclic amines) is 1. The quantitative estimate of drug-likeness (QED) is 0.319. The third kappa shape index (κ3) is 3.95. The van der Waals surface area contributed by atoms with Crippen molar-refractivity contribution in [2.75, 3.05) is 13.1 Å². The minimum absolute atomic E-state index is 0.0998. The predicted molar refractivity (Wildman–Crippen MR) is 135 cm³/mol. The largest absolute Gasteiger partial charge is 0.472 e. The smallest absolute Gasteiger partial charge is 0.261 e. The first kappa shape index (κ1) is 21.8. The van der Waals surface area contributed by atoms with E-state index in [1.54, 1.807) is 42.2 Å². The number of fused-ring (bicyclic) bond motifs is 2. The SMILES string of the molecule is FC1(F)CCN(Cc2cncc(-c3cnc4n[nH]c(-c5cc6c(-c7ccoc7)nccc6[nH]5)c4c3)c2)C1. The van der Waals surface area contributed by atoms with Crippen LogP contribution in [0.1, 0.15) is 12.0 Å². The molecule has 0 atom stereocenters. The predicted octanol–water partition coefficient (Wildman–Crippen LogP) is 5.66. The Hall–Kier alpha value is -4.44. The van der Waals surface area contributed by atoms with Crippen LogP contribution in [0.25, 0.3) is 55.7 Å². The van der Waals surface area contributed by atoms with Gasteiger partial charge in [0.25, 0.3) is 5.92 Å². The lowest BCUT2D eigenvalue weighted by atomic mass is 10.1. The number of halogens is 2. The summed E-state index contributed by atoms with van der Waals surface area (Å²) in [6.07, 6.45) is 10.2. The van der Waals surface area contributed by atoms with Gasteiger partial charge in [-0.05, 0) is 35.9 Å². The van der Waals surface area contributed by atoms with Gasteiger partial charge in [-0.1, -0.05) is 0 Å². The van der Waals surface area contributed by atoms with Crippen LogP contribution in [-0.2, 0) is 6.54 Å². The molecule has 0 saturated carbocycles. The number of pyridine rings is 3. The number of rotatable bonds is 5. The van der Waals surface area contributed by atoms with Crippen LogP contribution in [0, 0.1) is 0 Å². The van der Waals surface area contributed by atoms with E-state index in [2.05, 4.69) is 30.1 Å². The van der Waals surface area contributed by atoms with E-state index >= 15 is 0 Å². The number of alkyl halides is 2. The van der Waals surface area contributed by atoms with E-state index < -0.39 is 5.92 Å². The molecule has 0 unspecified atom stereocenters. The molecule has 2 N–H and O–H groups in total. The van der Waals surface area contributed by atoms with E-state index in [0.717, 1.165) is 55.6 Å². The number of hydrogen-bond acceptors (Lipinski definition) is 6. The molecule has 1 saturated heterocycles. The molecule has 6 aromatic rings. The van der Waals surface area contributed by atoms with Crippen LogP contribution in [0.5, 0.6) is 0 Å². The molecule has 6 aromatic heterocycles. The first-order valence-electron chi connectivity index (χ1n) is 11.9. The summed E-state index contributed by atoms with van der Waals surface area (Å²) in [4.78, 5) is 18.7. The van der Waals surface area contributed by atoms with Crippen molar-refractivity contribution in [2.24, 2.45) is 0 Å². The minimum Gasteiger partial charge on any atom is -0.472 e. The molecule has 1 fully saturated rings. The maximum Gasteiger partial charge on any atom is 0.261 e. The lowest BCUT2D eigenvalue weighted by Gasteiger charge is -2.15. The average molecular weight is 498 g/mol. The number of hydrogen-bond donors (Lipinski definition) is 2. The van der Waals surface area contributed by atoms with Crippen molar-refractivity contribution in [3.63, 3.8) is 0 Å². The highest BCUT2D eigenvalue weighted by Gasteiger charge is 2.37. The highest BCUT2D eigenvalue weighted by molar-refractivity contribution is 5.99. The number of nitrogens with zero attached hydrogens (tertiary/aromatic N) is 5. The van der Waals surface area contributed by atoms with Crippen molar-refractivity contribution >= 4 is 21.9 Å². The summed E-state index contributed by atoms with van der Waals surface area (Å²) in [7, 11) is 0. The first-order valence-corrected chi connectivity index (χ1v) is 11.9. The van der Waals surface area contributed by atoms with Gasteiger partial charge < -0.3 is 9.40 Å². The van der Waals surface area contributed by atoms with Crippen molar-refractivity contribution in [1.29, 1.82) is 0 Å². The molecule has 7 rings (SSSR count). The number of furan rings is 1. The molecule has 184 valence electrons. The third-order valence-corrected chi connectivity index (χ3v) is 6.80. The lowest BCUT2D eigenvalue weighted by Crippen LogP contribution is -2.24. The molecule has 0 aromatic carbocycles. The Morgan fingerprint density at radius 1 is 1.00 bits per heavy atom. The summed E-state index contributed by atoms with van der Waals surface area (Å²) in [6, 6.07) is 9.86. The molecule has 1 aliphatic heterocycles. The van der Waals surface area contributed by atoms with Crippen LogP contribution in [0.2, 0.25) is 0 Å². The minimum atomic E-state index is -2.62. The maximum atomic E-state index is 13.6. The number of H-pyrrole nitrogens is 2. The molecule has 0 aliphatic carbocycles. The van der Waals surface area contributed by atoms with Crippen molar-refractivity contribution in [2.45, 2.75) is 18.9 Å². The van der Waals surface area contributed by atoms with Gasteiger partial charge in [-0.15, -0.1) is 0 Å². The third-order valence-electron chi connectivity index (χ3n) is 6.80. The molecule has 1 aliphatic rings. The zero-order valence-corrected chi connectivity index (χ0v) is 19.6. The van der Waals surface area contributed by atoms with Crippen molar-refractivity contribution in [3.8, 4) is 33.8 Å². The second kappa shape index (κ2) is 8.31. The molecular weight excluding hydrogens is 476 g/mol. The summed E-state index contributed by atoms with van der Waals surface area (Å²) in [5.74, 6) is -2.62. The Morgan fingerprint density at radius 2 is 1.92 bits per heavy atom. The van der Waals surface area contributed by atoms with Gasteiger partial charge in [0, 0.05) is 77.3 Å². The van der Waals surface area contributed by atoms with Gasteiger partial charge >= 0.3 is 0 Å². The normalized spacial score (nSPS) is 15.7. The van der Waals surface area contributed by atoms with E-state index in [9.17, 15) is 8.78 Å². The van der Waals surface area contributed by atoms with Crippen LogP contribution < -0.4 is 0 Å². The molecule has 0 amide bonds. The second-order valence-corrected chi connectivity index (χ2v) is 9.41. The number of aromatic nitrogens is 6. The topological polar surface area (TPSA) is 99.5 Å². The van der Waals surface area contributed by atoms with Crippen molar-refractivity contribution in [3.05, 3.63) is 73.2 Å². The van der Waals surface area contributed by atoms with Gasteiger partial charge in [-0.3, -0.25) is 20.0 Å². The van der Waals surface area contributed by atoms with Crippen LogP contribution in [0.15, 0.2) is 72.1 Å². The molecule has 10 heteroatoms. The fourth-order valence-corrected chi connectivity index (χ4v) is 5.01. The molecular formula is C27H21F2N7O. The molecule has 7 heterocycles. The van der Waals surface area contributed by atoms with Gasteiger partial charge in [0.2, 0.25) is 0 Å². The highest BCUT2D eigenvalue weighted by Crippen LogP contribution is 2.34. The van der Waals surface area contributed by atoms with Crippen LogP contribution >= 0.6 is 0 Å². The lowest BCUT2D eigenvalue weighted by molar-refractivity contribution is 0.0115. The Balaban J connectivity index is 1.24. The molecule has 37 heavy (non-hydrogen) atoms. The van der Waals surface area contributed by atoms with E-state index in [0.29, 0.717) is 18.7 Å². The fraction of sp³-hybridized carbons (Fsp3) is 0.185. The van der Waals surface area contributed by atoms with Gasteiger partial charge in [0.05, 0.1) is 36.2 Å². The fourth-order valence-electron chi connectivity index (χ4n) is 5.01. The summed E-state index contributed by atoms with van der Waals surface area (Å²) in [6.45, 7) is 0.599. The summed E-state index contributed by atoms with van der Waals surface area (Å²) in [5, 5.41) is 9.33. The molecule has 0 spiro atoms. The van der Waals surface area contributed by atoms with Crippen LogP contribution in [0.3, 0.4) is 0 Å². The summed E-state index contributed by atoms with van der Waals surface area (Å²) >= 11 is 0. The van der Waals surface area contributed by atoms with E-state index in [4.69, 9.17) is 4.42 Å². The van der Waals surface area contributed by atoms with Crippen LogP contribution in [0.4, 0.5) is 8.78 Å². The highest BCUT2D eigenvalue weighted by atomic mass is 19.3. The number of nitrogens with one attached hydrogen (secondary N) is 2. The van der Waals surface area contributed by atoms with E-state index in [1.165, 1.54) is 0 Å². The number of aromatic amines is 2. The Bertz CT molecular complexity index is 1740. The second-order valence-electron chi connectivity index (χ2n) is 9.41. The monoisotopic (exact) mass is 497 g/mol. The summed E-state index contributed by atoms with van der Waals surface area (Å²) in [5.41, 5.74) is 7.55. The standard InChI is InChI=1S/C27H21F2N7O/c28-27(29)3-5-36(15-27)13-16-7-18(11-30-10-16)19-8-21-25(34-35-26(21)32-12-19)23-9-20-22(33-23)1-4-31-24(20)17-2-6-37-14-17/h1-2,4,6-12,14,33H,3,5,13,15H2,(H,32,34,35). The van der Waals surface area contributed by atoms with E-state index in [-0.39, 0.29) is 13.0 Å². The van der Waals surface area contributed by atoms with Crippen molar-refractivity contribution < 1.29 is 13.2 Å². The molecule has 0 radical (unpaired) electrons. The Kier molecular flexibility index (Phi) is 4.90. The van der Waals surface area contributed by atoms with Gasteiger partial charge in [0.1, 0.15) is 0 Å². The average Bonchev–Trinajstić information content (AvgIpc) is 3.69. The zero-order chi connectivity index (χ0) is 25.0. The molecule has 8 nitrogen and oxygen atoms in total. The van der Waals surface area contributed by atoms with Gasteiger partial charge in [-0.2, -0.15) is 5.10 Å². The van der Waals surface area contributed by atoms with E-state index in [1.807, 2.05) is 30.3 Å². The maximum absolute atomic E-state index is 13.6. The van der Waals surface area contributed by atoms with Gasteiger partial charge in [0.15, 0.2) is 5.65 Å². The van der Waals surface area contributed by atoms with Crippen molar-refractivity contribution in [1.82, 2.24) is 35.0 Å². The molecule has 0 bridgehead atoms. The van der Waals surface area contributed by atoms with Gasteiger partial charge in [-0.25, -0.2) is 13.8 Å². The zero-order valence-electron chi connectivity index (χ0n) is 19.6. The first-order chi connectivity index (χ1) is 18.0. The Morgan fingerprint density at radius 3 is 2.76 bits per heavy atom. The van der Waals surface area contributed by atoms with Crippen LogP contribution in [-0.4, -0.2) is 54.0 Å². The summed E-state index contributed by atoms with van der Waals surface area (Å²) < 4.78 is 32.5.